The van der Waals surface area contributed by atoms with Gasteiger partial charge in [0.2, 0.25) is 0 Å². The second kappa shape index (κ2) is 5.23. The molecule has 16 heavy (non-hydrogen) atoms. The Hall–Kier alpha value is -1.20. The molecule has 2 rings (SSSR count). The summed E-state index contributed by atoms with van der Waals surface area (Å²) in [4.78, 5) is 8.37. The highest BCUT2D eigenvalue weighted by Gasteiger charge is 2.14. The van der Waals surface area contributed by atoms with Crippen LogP contribution in [-0.4, -0.2) is 19.6 Å². The summed E-state index contributed by atoms with van der Waals surface area (Å²) in [5, 5.41) is 12.6. The van der Waals surface area contributed by atoms with Gasteiger partial charge in [0.05, 0.1) is 0 Å². The molecule has 1 atom stereocenters. The molecule has 5 heteroatoms. The number of aliphatic hydroxyl groups is 1. The molecule has 2 aromatic rings. The van der Waals surface area contributed by atoms with Crippen LogP contribution in [0, 0.1) is 0 Å². The Morgan fingerprint density at radius 2 is 2.31 bits per heavy atom. The summed E-state index contributed by atoms with van der Waals surface area (Å²) in [6.45, 7) is 3.07. The number of aromatic nitrogens is 3. The van der Waals surface area contributed by atoms with Crippen molar-refractivity contribution in [3.05, 3.63) is 34.8 Å². The van der Waals surface area contributed by atoms with Crippen molar-refractivity contribution in [3.63, 3.8) is 0 Å². The molecule has 1 unspecified atom stereocenters. The van der Waals surface area contributed by atoms with Crippen LogP contribution in [0.3, 0.4) is 0 Å². The molecule has 1 N–H and O–H groups in total. The highest BCUT2D eigenvalue weighted by Crippen LogP contribution is 2.19. The lowest BCUT2D eigenvalue weighted by molar-refractivity contribution is 0.174. The fourth-order valence-electron chi connectivity index (χ4n) is 1.63. The zero-order valence-corrected chi connectivity index (χ0v) is 10.0. The topological polar surface area (TPSA) is 50.9 Å². The summed E-state index contributed by atoms with van der Waals surface area (Å²) >= 11 is 1.47. The average Bonchev–Trinajstić information content (AvgIpc) is 2.90. The predicted molar refractivity (Wildman–Crippen MR) is 63.3 cm³/mol. The number of rotatable bonds is 5. The average molecular weight is 237 g/mol. The van der Waals surface area contributed by atoms with Gasteiger partial charge in [-0.3, -0.25) is 0 Å². The molecule has 0 saturated carbocycles. The highest BCUT2D eigenvalue weighted by atomic mass is 32.1. The number of aryl methyl sites for hydroxylation is 1. The smallest absolute Gasteiger partial charge is 0.122 e. The van der Waals surface area contributed by atoms with Crippen LogP contribution in [0.5, 0.6) is 0 Å². The first kappa shape index (κ1) is 11.3. The van der Waals surface area contributed by atoms with Crippen molar-refractivity contribution in [2.24, 2.45) is 0 Å². The monoisotopic (exact) mass is 237 g/mol. The third-order valence-electron chi connectivity index (χ3n) is 2.38. The Kier molecular flexibility index (Phi) is 3.69. The molecule has 0 bridgehead atoms. The first-order valence-corrected chi connectivity index (χ1v) is 6.26. The van der Waals surface area contributed by atoms with E-state index in [1.165, 1.54) is 11.3 Å². The quantitative estimate of drug-likeness (QED) is 0.865. The Morgan fingerprint density at radius 1 is 1.44 bits per heavy atom. The second-order valence-electron chi connectivity index (χ2n) is 3.63. The van der Waals surface area contributed by atoms with Crippen molar-refractivity contribution in [1.29, 1.82) is 0 Å². The van der Waals surface area contributed by atoms with Crippen LogP contribution in [0.4, 0.5) is 0 Å². The first-order valence-electron chi connectivity index (χ1n) is 5.38. The van der Waals surface area contributed by atoms with E-state index in [-0.39, 0.29) is 0 Å². The molecular weight excluding hydrogens is 222 g/mol. The van der Waals surface area contributed by atoms with E-state index in [4.69, 9.17) is 0 Å². The number of hydrogen-bond donors (Lipinski definition) is 1. The van der Waals surface area contributed by atoms with E-state index in [2.05, 4.69) is 21.5 Å². The van der Waals surface area contributed by atoms with Gasteiger partial charge in [0.25, 0.3) is 0 Å². The third-order valence-corrected chi connectivity index (χ3v) is 3.26. The molecule has 0 aliphatic carbocycles. The van der Waals surface area contributed by atoms with E-state index in [0.29, 0.717) is 6.42 Å². The number of nitrogens with zero attached hydrogens (tertiary/aromatic N) is 3. The van der Waals surface area contributed by atoms with Gasteiger partial charge in [-0.1, -0.05) is 6.92 Å². The van der Waals surface area contributed by atoms with Gasteiger partial charge in [-0.15, -0.1) is 11.3 Å². The van der Waals surface area contributed by atoms with Crippen LogP contribution in [0.25, 0.3) is 0 Å². The van der Waals surface area contributed by atoms with E-state index >= 15 is 0 Å². The molecular formula is C11H15N3OS. The van der Waals surface area contributed by atoms with Gasteiger partial charge in [0.1, 0.15) is 16.9 Å². The van der Waals surface area contributed by atoms with E-state index in [1.54, 1.807) is 12.4 Å². The normalized spacial score (nSPS) is 12.9. The highest BCUT2D eigenvalue weighted by molar-refractivity contribution is 7.09. The Balaban J connectivity index is 2.06. The first-order chi connectivity index (χ1) is 7.81. The third kappa shape index (κ3) is 2.48. The maximum Gasteiger partial charge on any atom is 0.122 e. The molecule has 0 saturated heterocycles. The molecule has 0 aliphatic rings. The van der Waals surface area contributed by atoms with Gasteiger partial charge >= 0.3 is 0 Å². The number of aliphatic hydroxyl groups excluding tert-OH is 1. The molecule has 2 heterocycles. The van der Waals surface area contributed by atoms with Crippen molar-refractivity contribution in [3.8, 4) is 0 Å². The van der Waals surface area contributed by atoms with Crippen molar-refractivity contribution >= 4 is 11.3 Å². The predicted octanol–water partition coefficient (Wildman–Crippen LogP) is 2.03. The van der Waals surface area contributed by atoms with Crippen molar-refractivity contribution in [2.75, 3.05) is 0 Å². The van der Waals surface area contributed by atoms with Crippen molar-refractivity contribution in [1.82, 2.24) is 14.5 Å². The summed E-state index contributed by atoms with van der Waals surface area (Å²) in [6.07, 6.45) is 6.49. The van der Waals surface area contributed by atoms with Crippen LogP contribution < -0.4 is 0 Å². The summed E-state index contributed by atoms with van der Waals surface area (Å²) in [6, 6.07) is 0. The van der Waals surface area contributed by atoms with Crippen LogP contribution >= 0.6 is 11.3 Å². The largest absolute Gasteiger partial charge is 0.385 e. The summed E-state index contributed by atoms with van der Waals surface area (Å²) in [7, 11) is 0. The second-order valence-corrected chi connectivity index (χ2v) is 4.55. The van der Waals surface area contributed by atoms with E-state index in [1.807, 2.05) is 11.6 Å². The molecule has 0 spiro atoms. The zero-order chi connectivity index (χ0) is 11.4. The SMILES string of the molecule is CCCn1ccnc1CC(O)c1nccs1. The lowest BCUT2D eigenvalue weighted by Gasteiger charge is -2.09. The molecule has 0 aliphatic heterocycles. The molecule has 0 amide bonds. The van der Waals surface area contributed by atoms with Crippen LogP contribution in [0.2, 0.25) is 0 Å². The van der Waals surface area contributed by atoms with Crippen LogP contribution in [0.1, 0.15) is 30.3 Å². The van der Waals surface area contributed by atoms with Gasteiger partial charge in [0, 0.05) is 36.9 Å². The molecule has 0 fully saturated rings. The Labute approximate surface area is 98.6 Å². The molecule has 4 nitrogen and oxygen atoms in total. The minimum Gasteiger partial charge on any atom is -0.385 e. The number of imidazole rings is 1. The summed E-state index contributed by atoms with van der Waals surface area (Å²) in [5.74, 6) is 0.921. The lowest BCUT2D eigenvalue weighted by Crippen LogP contribution is -2.08. The molecule has 86 valence electrons. The molecule has 0 radical (unpaired) electrons. The maximum atomic E-state index is 9.97. The standard InChI is InChI=1S/C11H15N3OS/c1-2-5-14-6-3-12-10(14)8-9(15)11-13-4-7-16-11/h3-4,6-7,9,15H,2,5,8H2,1H3. The number of hydrogen-bond acceptors (Lipinski definition) is 4. The van der Waals surface area contributed by atoms with Crippen LogP contribution in [0.15, 0.2) is 24.0 Å². The lowest BCUT2D eigenvalue weighted by atomic mass is 10.2. The summed E-state index contributed by atoms with van der Waals surface area (Å²) in [5.41, 5.74) is 0. The molecule has 2 aromatic heterocycles. The van der Waals surface area contributed by atoms with Gasteiger partial charge in [-0.05, 0) is 6.42 Å². The van der Waals surface area contributed by atoms with Crippen LogP contribution in [-0.2, 0) is 13.0 Å². The Morgan fingerprint density at radius 3 is 3.00 bits per heavy atom. The van der Waals surface area contributed by atoms with Crippen molar-refractivity contribution in [2.45, 2.75) is 32.4 Å². The maximum absolute atomic E-state index is 9.97. The van der Waals surface area contributed by atoms with E-state index < -0.39 is 6.10 Å². The van der Waals surface area contributed by atoms with Crippen molar-refractivity contribution < 1.29 is 5.11 Å². The van der Waals surface area contributed by atoms with Gasteiger partial charge in [0.15, 0.2) is 0 Å². The minimum atomic E-state index is -0.544. The van der Waals surface area contributed by atoms with E-state index in [9.17, 15) is 5.11 Å². The fraction of sp³-hybridized carbons (Fsp3) is 0.455. The van der Waals surface area contributed by atoms with E-state index in [0.717, 1.165) is 23.8 Å². The van der Waals surface area contributed by atoms with Gasteiger partial charge < -0.3 is 9.67 Å². The summed E-state index contributed by atoms with van der Waals surface area (Å²) < 4.78 is 2.08. The molecule has 0 aromatic carbocycles. The number of thiazole rings is 1. The zero-order valence-electron chi connectivity index (χ0n) is 9.21. The van der Waals surface area contributed by atoms with Gasteiger partial charge in [-0.25, -0.2) is 9.97 Å². The Bertz CT molecular complexity index is 424. The minimum absolute atomic E-state index is 0.528. The van der Waals surface area contributed by atoms with Gasteiger partial charge in [-0.2, -0.15) is 0 Å². The fourth-order valence-corrected chi connectivity index (χ4v) is 2.26.